The highest BCUT2D eigenvalue weighted by Gasteiger charge is 2.07. The molecule has 0 aromatic heterocycles. The summed E-state index contributed by atoms with van der Waals surface area (Å²) in [5, 5.41) is 3.45. The Morgan fingerprint density at radius 1 is 0.947 bits per heavy atom. The number of halogens is 2. The van der Waals surface area contributed by atoms with Crippen molar-refractivity contribution in [3.8, 4) is 0 Å². The van der Waals surface area contributed by atoms with E-state index in [2.05, 4.69) is 26.1 Å². The minimum absolute atomic E-state index is 0.186. The highest BCUT2D eigenvalue weighted by Crippen LogP contribution is 2.12. The van der Waals surface area contributed by atoms with E-state index in [-0.39, 0.29) is 5.54 Å². The lowest BCUT2D eigenvalue weighted by molar-refractivity contribution is 0.416. The lowest BCUT2D eigenvalue weighted by atomic mass is 10.1. The van der Waals surface area contributed by atoms with Gasteiger partial charge in [-0.25, -0.2) is 8.78 Å². The molecule has 0 radical (unpaired) electrons. The molecule has 19 heavy (non-hydrogen) atoms. The molecule has 0 bridgehead atoms. The summed E-state index contributed by atoms with van der Waals surface area (Å²) < 4.78 is 25.7. The molecule has 1 N–H and O–H groups in total. The van der Waals surface area contributed by atoms with E-state index in [1.165, 1.54) is 18.6 Å². The molecule has 0 aliphatic heterocycles. The van der Waals surface area contributed by atoms with E-state index < -0.39 is 11.6 Å². The minimum atomic E-state index is -0.767. The highest BCUT2D eigenvalue weighted by molar-refractivity contribution is 5.17. The van der Waals surface area contributed by atoms with E-state index in [4.69, 9.17) is 0 Å². The standard InChI is InChI=1S/C16H25F2N/c1-16(2,3)19-11-7-5-4-6-8-13-9-10-14(17)15(18)12-13/h9-10,12,19H,4-8,11H2,1-3H3. The summed E-state index contributed by atoms with van der Waals surface area (Å²) in [4.78, 5) is 0. The molecule has 1 rings (SSSR count). The van der Waals surface area contributed by atoms with Gasteiger partial charge in [-0.05, 0) is 64.3 Å². The zero-order chi connectivity index (χ0) is 14.3. The quantitative estimate of drug-likeness (QED) is 0.721. The van der Waals surface area contributed by atoms with E-state index in [9.17, 15) is 8.78 Å². The van der Waals surface area contributed by atoms with Crippen LogP contribution in [0.5, 0.6) is 0 Å². The van der Waals surface area contributed by atoms with Crippen molar-refractivity contribution in [1.82, 2.24) is 5.32 Å². The second kappa shape index (κ2) is 7.59. The lowest BCUT2D eigenvalue weighted by Gasteiger charge is -2.20. The van der Waals surface area contributed by atoms with Crippen molar-refractivity contribution in [1.29, 1.82) is 0 Å². The molecule has 0 saturated heterocycles. The van der Waals surface area contributed by atoms with Crippen molar-refractivity contribution in [3.63, 3.8) is 0 Å². The molecule has 1 aromatic rings. The molecule has 0 aliphatic rings. The highest BCUT2D eigenvalue weighted by atomic mass is 19.2. The Bertz CT molecular complexity index is 383. The van der Waals surface area contributed by atoms with E-state index in [0.29, 0.717) is 0 Å². The first-order valence-electron chi connectivity index (χ1n) is 7.07. The fraction of sp³-hybridized carbons (Fsp3) is 0.625. The summed E-state index contributed by atoms with van der Waals surface area (Å²) in [6, 6.07) is 4.17. The molecule has 1 nitrogen and oxygen atoms in total. The van der Waals surface area contributed by atoms with Gasteiger partial charge in [0.25, 0.3) is 0 Å². The van der Waals surface area contributed by atoms with E-state index in [1.54, 1.807) is 6.07 Å². The monoisotopic (exact) mass is 269 g/mol. The maximum atomic E-state index is 13.0. The Morgan fingerprint density at radius 2 is 1.63 bits per heavy atom. The number of hydrogen-bond acceptors (Lipinski definition) is 1. The average Bonchev–Trinajstić information content (AvgIpc) is 2.31. The molecule has 0 spiro atoms. The van der Waals surface area contributed by atoms with E-state index in [0.717, 1.165) is 37.8 Å². The molecule has 0 atom stereocenters. The number of rotatable bonds is 7. The molecule has 108 valence electrons. The van der Waals surface area contributed by atoms with E-state index in [1.807, 2.05) is 0 Å². The zero-order valence-corrected chi connectivity index (χ0v) is 12.2. The second-order valence-electron chi connectivity index (χ2n) is 6.09. The van der Waals surface area contributed by atoms with Crippen molar-refractivity contribution in [2.24, 2.45) is 0 Å². The summed E-state index contributed by atoms with van der Waals surface area (Å²) in [7, 11) is 0. The van der Waals surface area contributed by atoms with Gasteiger partial charge in [0.05, 0.1) is 0 Å². The first-order valence-corrected chi connectivity index (χ1v) is 7.07. The van der Waals surface area contributed by atoms with Gasteiger partial charge in [0.2, 0.25) is 0 Å². The Kier molecular flexibility index (Phi) is 6.43. The molecule has 0 unspecified atom stereocenters. The van der Waals surface area contributed by atoms with E-state index >= 15 is 0 Å². The Morgan fingerprint density at radius 3 is 2.26 bits per heavy atom. The fourth-order valence-electron chi connectivity index (χ4n) is 1.97. The Balaban J connectivity index is 2.09. The van der Waals surface area contributed by atoms with Crippen LogP contribution in [0.1, 0.15) is 52.0 Å². The van der Waals surface area contributed by atoms with Gasteiger partial charge < -0.3 is 5.32 Å². The number of aryl methyl sites for hydroxylation is 1. The third kappa shape index (κ3) is 7.26. The van der Waals surface area contributed by atoms with Crippen LogP contribution in [0.2, 0.25) is 0 Å². The fourth-order valence-corrected chi connectivity index (χ4v) is 1.97. The predicted octanol–water partition coefficient (Wildman–Crippen LogP) is 4.46. The summed E-state index contributed by atoms with van der Waals surface area (Å²) >= 11 is 0. The topological polar surface area (TPSA) is 12.0 Å². The number of nitrogens with one attached hydrogen (secondary N) is 1. The van der Waals surface area contributed by atoms with Crippen molar-refractivity contribution in [2.45, 2.75) is 58.4 Å². The number of hydrogen-bond donors (Lipinski definition) is 1. The van der Waals surface area contributed by atoms with Gasteiger partial charge in [0.1, 0.15) is 0 Å². The molecular weight excluding hydrogens is 244 g/mol. The average molecular weight is 269 g/mol. The Hall–Kier alpha value is -0.960. The Labute approximate surface area is 115 Å². The summed E-state index contributed by atoms with van der Waals surface area (Å²) in [6.07, 6.45) is 5.32. The smallest absolute Gasteiger partial charge is 0.159 e. The largest absolute Gasteiger partial charge is 0.312 e. The van der Waals surface area contributed by atoms with Crippen LogP contribution in [0.4, 0.5) is 8.78 Å². The summed E-state index contributed by atoms with van der Waals surface area (Å²) in [6.45, 7) is 7.52. The van der Waals surface area contributed by atoms with Crippen LogP contribution < -0.4 is 5.32 Å². The van der Waals surface area contributed by atoms with Gasteiger partial charge in [-0.1, -0.05) is 18.9 Å². The van der Waals surface area contributed by atoms with Crippen LogP contribution in [0.25, 0.3) is 0 Å². The van der Waals surface area contributed by atoms with Gasteiger partial charge >= 0.3 is 0 Å². The zero-order valence-electron chi connectivity index (χ0n) is 12.2. The van der Waals surface area contributed by atoms with Crippen LogP contribution in [0.15, 0.2) is 18.2 Å². The van der Waals surface area contributed by atoms with Gasteiger partial charge in [-0.2, -0.15) is 0 Å². The third-order valence-corrected chi connectivity index (χ3v) is 3.03. The predicted molar refractivity (Wildman–Crippen MR) is 76.3 cm³/mol. The molecule has 1 aromatic carbocycles. The molecule has 0 aliphatic carbocycles. The van der Waals surface area contributed by atoms with Crippen molar-refractivity contribution < 1.29 is 8.78 Å². The van der Waals surface area contributed by atoms with Crippen LogP contribution in [-0.2, 0) is 6.42 Å². The van der Waals surface area contributed by atoms with Crippen LogP contribution in [0.3, 0.4) is 0 Å². The minimum Gasteiger partial charge on any atom is -0.312 e. The van der Waals surface area contributed by atoms with Gasteiger partial charge in [-0.15, -0.1) is 0 Å². The first-order chi connectivity index (χ1) is 8.88. The maximum absolute atomic E-state index is 13.0. The van der Waals surface area contributed by atoms with Crippen molar-refractivity contribution in [3.05, 3.63) is 35.4 Å². The van der Waals surface area contributed by atoms with Crippen molar-refractivity contribution in [2.75, 3.05) is 6.54 Å². The van der Waals surface area contributed by atoms with Gasteiger partial charge in [0.15, 0.2) is 11.6 Å². The molecule has 0 amide bonds. The lowest BCUT2D eigenvalue weighted by Crippen LogP contribution is -2.36. The third-order valence-electron chi connectivity index (χ3n) is 3.03. The molecule has 3 heteroatoms. The molecule has 0 fully saturated rings. The SMILES string of the molecule is CC(C)(C)NCCCCCCc1ccc(F)c(F)c1. The normalized spacial score (nSPS) is 11.8. The van der Waals surface area contributed by atoms with Gasteiger partial charge in [-0.3, -0.25) is 0 Å². The van der Waals surface area contributed by atoms with Crippen LogP contribution in [-0.4, -0.2) is 12.1 Å². The first kappa shape index (κ1) is 16.1. The van der Waals surface area contributed by atoms with Crippen molar-refractivity contribution >= 4 is 0 Å². The second-order valence-corrected chi connectivity index (χ2v) is 6.09. The molecule has 0 saturated carbocycles. The summed E-state index contributed by atoms with van der Waals surface area (Å²) in [5.41, 5.74) is 1.07. The molecular formula is C16H25F2N. The number of unbranched alkanes of at least 4 members (excludes halogenated alkanes) is 3. The maximum Gasteiger partial charge on any atom is 0.159 e. The van der Waals surface area contributed by atoms with Gasteiger partial charge in [0, 0.05) is 5.54 Å². The van der Waals surface area contributed by atoms with Crippen LogP contribution >= 0.6 is 0 Å². The van der Waals surface area contributed by atoms with Crippen LogP contribution in [0, 0.1) is 11.6 Å². The summed E-state index contributed by atoms with van der Waals surface area (Å²) in [5.74, 6) is -1.51. The number of benzene rings is 1. The molecule has 0 heterocycles.